The van der Waals surface area contributed by atoms with Crippen LogP contribution in [0, 0.1) is 0 Å². The van der Waals surface area contributed by atoms with Crippen molar-refractivity contribution in [3.8, 4) is 5.75 Å². The standard InChI is InChI=1S/C15H24O2/c1-3-4-5-6-7-13(2)17-12-14-8-10-15(16)11-9-14/h8-11,13,16H,3-7,12H2,1-2H3/t13-/m1/s1. The minimum absolute atomic E-state index is 0.307. The summed E-state index contributed by atoms with van der Waals surface area (Å²) in [7, 11) is 0. The minimum atomic E-state index is 0.307. The van der Waals surface area contributed by atoms with Gasteiger partial charge in [-0.2, -0.15) is 0 Å². The van der Waals surface area contributed by atoms with E-state index < -0.39 is 0 Å². The lowest BCUT2D eigenvalue weighted by atomic mass is 10.1. The monoisotopic (exact) mass is 236 g/mol. The molecular weight excluding hydrogens is 212 g/mol. The summed E-state index contributed by atoms with van der Waals surface area (Å²) in [5.74, 6) is 0.307. The molecule has 0 aliphatic heterocycles. The lowest BCUT2D eigenvalue weighted by Gasteiger charge is -2.12. The third-order valence-electron chi connectivity index (χ3n) is 2.94. The predicted molar refractivity (Wildman–Crippen MR) is 71.1 cm³/mol. The van der Waals surface area contributed by atoms with E-state index in [1.54, 1.807) is 12.1 Å². The highest BCUT2D eigenvalue weighted by Gasteiger charge is 2.02. The maximum atomic E-state index is 9.16. The van der Waals surface area contributed by atoms with Gasteiger partial charge in [0.15, 0.2) is 0 Å². The Labute approximate surface area is 105 Å². The zero-order valence-electron chi connectivity index (χ0n) is 11.0. The number of hydrogen-bond acceptors (Lipinski definition) is 2. The van der Waals surface area contributed by atoms with Crippen molar-refractivity contribution < 1.29 is 9.84 Å². The molecule has 0 bridgehead atoms. The van der Waals surface area contributed by atoms with E-state index in [9.17, 15) is 0 Å². The van der Waals surface area contributed by atoms with Crippen LogP contribution in [0.4, 0.5) is 0 Å². The van der Waals surface area contributed by atoms with E-state index in [-0.39, 0.29) is 0 Å². The SMILES string of the molecule is CCCCCC[C@@H](C)OCc1ccc(O)cc1. The van der Waals surface area contributed by atoms with Crippen molar-refractivity contribution in [1.82, 2.24) is 0 Å². The molecule has 0 fully saturated rings. The van der Waals surface area contributed by atoms with Gasteiger partial charge < -0.3 is 9.84 Å². The number of phenols is 1. The second-order valence-corrected chi connectivity index (χ2v) is 4.64. The van der Waals surface area contributed by atoms with E-state index in [4.69, 9.17) is 9.84 Å². The van der Waals surface area contributed by atoms with Crippen LogP contribution in [0.5, 0.6) is 5.75 Å². The van der Waals surface area contributed by atoms with Crippen molar-refractivity contribution in [2.45, 2.75) is 58.7 Å². The minimum Gasteiger partial charge on any atom is -0.508 e. The summed E-state index contributed by atoms with van der Waals surface area (Å²) >= 11 is 0. The molecule has 0 amide bonds. The van der Waals surface area contributed by atoms with Gasteiger partial charge in [0.05, 0.1) is 12.7 Å². The van der Waals surface area contributed by atoms with Crippen LogP contribution in [-0.2, 0) is 11.3 Å². The number of rotatable bonds is 8. The Kier molecular flexibility index (Phi) is 6.71. The van der Waals surface area contributed by atoms with Gasteiger partial charge in [-0.1, -0.05) is 44.7 Å². The summed E-state index contributed by atoms with van der Waals surface area (Å²) in [5.41, 5.74) is 1.11. The van der Waals surface area contributed by atoms with E-state index in [1.165, 1.54) is 25.7 Å². The highest BCUT2D eigenvalue weighted by molar-refractivity contribution is 5.25. The molecule has 0 aliphatic carbocycles. The molecule has 0 saturated carbocycles. The number of aromatic hydroxyl groups is 1. The summed E-state index contributed by atoms with van der Waals surface area (Å²) < 4.78 is 5.77. The van der Waals surface area contributed by atoms with E-state index in [2.05, 4.69) is 13.8 Å². The fourth-order valence-electron chi connectivity index (χ4n) is 1.77. The third kappa shape index (κ3) is 6.32. The van der Waals surface area contributed by atoms with Gasteiger partial charge in [0, 0.05) is 0 Å². The number of benzene rings is 1. The molecule has 2 heteroatoms. The number of unbranched alkanes of at least 4 members (excludes halogenated alkanes) is 3. The third-order valence-corrected chi connectivity index (χ3v) is 2.94. The molecule has 1 aromatic rings. The van der Waals surface area contributed by atoms with Crippen LogP contribution in [0.15, 0.2) is 24.3 Å². The number of ether oxygens (including phenoxy) is 1. The number of phenolic OH excluding ortho intramolecular Hbond substituents is 1. The summed E-state index contributed by atoms with van der Waals surface area (Å²) in [6.45, 7) is 4.99. The zero-order valence-corrected chi connectivity index (χ0v) is 11.0. The van der Waals surface area contributed by atoms with Crippen molar-refractivity contribution in [3.05, 3.63) is 29.8 Å². The highest BCUT2D eigenvalue weighted by Crippen LogP contribution is 2.13. The smallest absolute Gasteiger partial charge is 0.115 e. The summed E-state index contributed by atoms with van der Waals surface area (Å²) in [4.78, 5) is 0. The van der Waals surface area contributed by atoms with Crippen molar-refractivity contribution in [1.29, 1.82) is 0 Å². The normalized spacial score (nSPS) is 12.6. The molecule has 0 saturated heterocycles. The lowest BCUT2D eigenvalue weighted by Crippen LogP contribution is -2.07. The van der Waals surface area contributed by atoms with Crippen LogP contribution >= 0.6 is 0 Å². The first kappa shape index (κ1) is 14.0. The molecular formula is C15H24O2. The average molecular weight is 236 g/mol. The van der Waals surface area contributed by atoms with Gasteiger partial charge in [0.1, 0.15) is 5.75 Å². The molecule has 0 radical (unpaired) electrons. The maximum absolute atomic E-state index is 9.16. The van der Waals surface area contributed by atoms with E-state index in [0.29, 0.717) is 18.5 Å². The molecule has 1 aromatic carbocycles. The Balaban J connectivity index is 2.14. The molecule has 96 valence electrons. The van der Waals surface area contributed by atoms with Gasteiger partial charge in [-0.15, -0.1) is 0 Å². The maximum Gasteiger partial charge on any atom is 0.115 e. The molecule has 1 atom stereocenters. The fraction of sp³-hybridized carbons (Fsp3) is 0.600. The van der Waals surface area contributed by atoms with Gasteiger partial charge in [-0.3, -0.25) is 0 Å². The van der Waals surface area contributed by atoms with Gasteiger partial charge in [0.2, 0.25) is 0 Å². The zero-order chi connectivity index (χ0) is 12.5. The van der Waals surface area contributed by atoms with E-state index >= 15 is 0 Å². The molecule has 0 spiro atoms. The molecule has 0 heterocycles. The van der Waals surface area contributed by atoms with Crippen molar-refractivity contribution >= 4 is 0 Å². The first-order chi connectivity index (χ1) is 8.22. The van der Waals surface area contributed by atoms with Crippen LogP contribution in [0.25, 0.3) is 0 Å². The quantitative estimate of drug-likeness (QED) is 0.683. The van der Waals surface area contributed by atoms with Crippen LogP contribution in [0.3, 0.4) is 0 Å². The molecule has 2 nitrogen and oxygen atoms in total. The van der Waals surface area contributed by atoms with Crippen LogP contribution < -0.4 is 0 Å². The highest BCUT2D eigenvalue weighted by atomic mass is 16.5. The van der Waals surface area contributed by atoms with Crippen molar-refractivity contribution in [2.75, 3.05) is 0 Å². The summed E-state index contributed by atoms with van der Waals surface area (Å²) in [6.07, 6.45) is 6.63. The predicted octanol–water partition coefficient (Wildman–Crippen LogP) is 4.27. The first-order valence-electron chi connectivity index (χ1n) is 6.62. The molecule has 1 N–H and O–H groups in total. The summed E-state index contributed by atoms with van der Waals surface area (Å²) in [5, 5.41) is 9.16. The summed E-state index contributed by atoms with van der Waals surface area (Å²) in [6, 6.07) is 7.20. The van der Waals surface area contributed by atoms with Crippen molar-refractivity contribution in [3.63, 3.8) is 0 Å². The first-order valence-corrected chi connectivity index (χ1v) is 6.62. The molecule has 1 rings (SSSR count). The largest absolute Gasteiger partial charge is 0.508 e. The Morgan fingerprint density at radius 2 is 1.82 bits per heavy atom. The Morgan fingerprint density at radius 1 is 1.12 bits per heavy atom. The molecule has 17 heavy (non-hydrogen) atoms. The Bertz CT molecular complexity index is 292. The topological polar surface area (TPSA) is 29.5 Å². The molecule has 0 aliphatic rings. The fourth-order valence-corrected chi connectivity index (χ4v) is 1.77. The van der Waals surface area contributed by atoms with Crippen LogP contribution in [0.2, 0.25) is 0 Å². The molecule has 0 aromatic heterocycles. The van der Waals surface area contributed by atoms with Crippen LogP contribution in [-0.4, -0.2) is 11.2 Å². The van der Waals surface area contributed by atoms with E-state index in [1.807, 2.05) is 12.1 Å². The average Bonchev–Trinajstić information content (AvgIpc) is 2.34. The van der Waals surface area contributed by atoms with Gasteiger partial charge in [0.25, 0.3) is 0 Å². The van der Waals surface area contributed by atoms with Gasteiger partial charge in [-0.25, -0.2) is 0 Å². The molecule has 0 unspecified atom stereocenters. The lowest BCUT2D eigenvalue weighted by molar-refractivity contribution is 0.0459. The van der Waals surface area contributed by atoms with Crippen LogP contribution in [0.1, 0.15) is 51.5 Å². The van der Waals surface area contributed by atoms with Gasteiger partial charge in [-0.05, 0) is 31.0 Å². The second kappa shape index (κ2) is 8.13. The Hall–Kier alpha value is -1.02. The van der Waals surface area contributed by atoms with Crippen molar-refractivity contribution in [2.24, 2.45) is 0 Å². The number of hydrogen-bond donors (Lipinski definition) is 1. The Morgan fingerprint density at radius 3 is 2.47 bits per heavy atom. The van der Waals surface area contributed by atoms with Gasteiger partial charge >= 0.3 is 0 Å². The van der Waals surface area contributed by atoms with E-state index in [0.717, 1.165) is 12.0 Å². The second-order valence-electron chi connectivity index (χ2n) is 4.64.